The van der Waals surface area contributed by atoms with Crippen molar-refractivity contribution >= 4 is 21.8 Å². The topological polar surface area (TPSA) is 29.5 Å². The number of hydrogen-bond donors (Lipinski definition) is 0. The predicted octanol–water partition coefficient (Wildman–Crippen LogP) is 4.00. The summed E-state index contributed by atoms with van der Waals surface area (Å²) in [4.78, 5) is 14.3. The number of carbonyl (C=O) groups is 1. The van der Waals surface area contributed by atoms with Crippen LogP contribution in [-0.2, 0) is 11.3 Å². The summed E-state index contributed by atoms with van der Waals surface area (Å²) in [5.41, 5.74) is 1.04. The largest absolute Gasteiger partial charge is 0.496 e. The molecule has 4 heteroatoms. The summed E-state index contributed by atoms with van der Waals surface area (Å²) in [6.07, 6.45) is 5.72. The summed E-state index contributed by atoms with van der Waals surface area (Å²) in [6.45, 7) is 0.595. The summed E-state index contributed by atoms with van der Waals surface area (Å²) in [6, 6.07) is 5.90. The van der Waals surface area contributed by atoms with Crippen molar-refractivity contribution in [3.63, 3.8) is 0 Å². The molecule has 1 aliphatic carbocycles. The van der Waals surface area contributed by atoms with Crippen LogP contribution in [0.1, 0.15) is 37.7 Å². The number of benzene rings is 1. The predicted molar refractivity (Wildman–Crippen MR) is 83.7 cm³/mol. The van der Waals surface area contributed by atoms with Gasteiger partial charge in [0.25, 0.3) is 0 Å². The Bertz CT molecular complexity index is 470. The molecule has 0 aliphatic heterocycles. The zero-order valence-corrected chi connectivity index (χ0v) is 13.8. The van der Waals surface area contributed by atoms with Crippen LogP contribution in [0.15, 0.2) is 22.7 Å². The van der Waals surface area contributed by atoms with E-state index in [0.717, 1.165) is 28.6 Å². The number of hydrogen-bond acceptors (Lipinski definition) is 2. The third-order valence-corrected chi connectivity index (χ3v) is 4.47. The quantitative estimate of drug-likeness (QED) is 0.829. The Morgan fingerprint density at radius 2 is 2.05 bits per heavy atom. The third-order valence-electron chi connectivity index (χ3n) is 3.98. The molecule has 1 aromatic carbocycles. The second kappa shape index (κ2) is 7.11. The first-order valence-electron chi connectivity index (χ1n) is 7.19. The van der Waals surface area contributed by atoms with E-state index < -0.39 is 0 Å². The SMILES string of the molecule is COc1ccc(Br)cc1CN(C)C(=O)C1CCCCC1. The van der Waals surface area contributed by atoms with Crippen LogP contribution in [0, 0.1) is 5.92 Å². The molecule has 0 unspecified atom stereocenters. The summed E-state index contributed by atoms with van der Waals surface area (Å²) >= 11 is 3.47. The summed E-state index contributed by atoms with van der Waals surface area (Å²) in [5, 5.41) is 0. The highest BCUT2D eigenvalue weighted by molar-refractivity contribution is 9.10. The number of methoxy groups -OCH3 is 1. The third kappa shape index (κ3) is 3.75. The Labute approximate surface area is 129 Å². The van der Waals surface area contributed by atoms with Crippen molar-refractivity contribution in [1.82, 2.24) is 4.90 Å². The number of carbonyl (C=O) groups excluding carboxylic acids is 1. The summed E-state index contributed by atoms with van der Waals surface area (Å²) in [7, 11) is 3.55. The number of amides is 1. The molecule has 3 nitrogen and oxygen atoms in total. The Kier molecular flexibility index (Phi) is 5.46. The van der Waals surface area contributed by atoms with Crippen molar-refractivity contribution in [3.05, 3.63) is 28.2 Å². The second-order valence-electron chi connectivity index (χ2n) is 5.49. The molecule has 1 fully saturated rings. The number of halogens is 1. The molecule has 110 valence electrons. The molecule has 1 aromatic rings. The Morgan fingerprint density at radius 1 is 1.35 bits per heavy atom. The van der Waals surface area contributed by atoms with Crippen LogP contribution >= 0.6 is 15.9 Å². The molecule has 0 radical (unpaired) electrons. The summed E-state index contributed by atoms with van der Waals surface area (Å²) < 4.78 is 6.37. The van der Waals surface area contributed by atoms with E-state index >= 15 is 0 Å². The van der Waals surface area contributed by atoms with Crippen molar-refractivity contribution < 1.29 is 9.53 Å². The van der Waals surface area contributed by atoms with Crippen molar-refractivity contribution in [2.24, 2.45) is 5.92 Å². The molecule has 0 atom stereocenters. The van der Waals surface area contributed by atoms with Crippen LogP contribution < -0.4 is 4.74 Å². The Balaban J connectivity index is 2.04. The fourth-order valence-electron chi connectivity index (χ4n) is 2.87. The highest BCUT2D eigenvalue weighted by Gasteiger charge is 2.24. The average Bonchev–Trinajstić information content (AvgIpc) is 2.47. The van der Waals surface area contributed by atoms with Crippen molar-refractivity contribution in [2.75, 3.05) is 14.2 Å². The van der Waals surface area contributed by atoms with Gasteiger partial charge in [0, 0.05) is 29.5 Å². The van der Waals surface area contributed by atoms with Gasteiger partial charge in [-0.1, -0.05) is 35.2 Å². The van der Waals surface area contributed by atoms with Crippen LogP contribution in [0.2, 0.25) is 0 Å². The van der Waals surface area contributed by atoms with Crippen LogP contribution in [0.25, 0.3) is 0 Å². The number of nitrogens with zero attached hydrogens (tertiary/aromatic N) is 1. The molecular formula is C16H22BrNO2. The lowest BCUT2D eigenvalue weighted by Crippen LogP contribution is -2.33. The van der Waals surface area contributed by atoms with Crippen LogP contribution in [0.5, 0.6) is 5.75 Å². The summed E-state index contributed by atoms with van der Waals surface area (Å²) in [5.74, 6) is 1.31. The van der Waals surface area contributed by atoms with E-state index in [2.05, 4.69) is 15.9 Å². The molecule has 0 spiro atoms. The van der Waals surface area contributed by atoms with Gasteiger partial charge in [0.15, 0.2) is 0 Å². The Morgan fingerprint density at radius 3 is 2.70 bits per heavy atom. The minimum Gasteiger partial charge on any atom is -0.496 e. The van der Waals surface area contributed by atoms with Crippen LogP contribution in [0.4, 0.5) is 0 Å². The highest BCUT2D eigenvalue weighted by Crippen LogP contribution is 2.27. The molecule has 1 saturated carbocycles. The van der Waals surface area contributed by atoms with Crippen molar-refractivity contribution in [1.29, 1.82) is 0 Å². The minimum atomic E-state index is 0.215. The van der Waals surface area contributed by atoms with Crippen LogP contribution in [-0.4, -0.2) is 25.0 Å². The van der Waals surface area contributed by atoms with Gasteiger partial charge < -0.3 is 9.64 Å². The first-order valence-corrected chi connectivity index (χ1v) is 7.98. The zero-order chi connectivity index (χ0) is 14.5. The van der Waals surface area contributed by atoms with E-state index in [9.17, 15) is 4.79 Å². The highest BCUT2D eigenvalue weighted by atomic mass is 79.9. The maximum Gasteiger partial charge on any atom is 0.225 e. The maximum absolute atomic E-state index is 12.5. The first kappa shape index (κ1) is 15.4. The van der Waals surface area contributed by atoms with E-state index in [4.69, 9.17) is 4.74 Å². The van der Waals surface area contributed by atoms with E-state index in [-0.39, 0.29) is 11.8 Å². The molecule has 0 heterocycles. The van der Waals surface area contributed by atoms with E-state index in [1.165, 1.54) is 19.3 Å². The van der Waals surface area contributed by atoms with Gasteiger partial charge in [-0.3, -0.25) is 4.79 Å². The number of ether oxygens (including phenoxy) is 1. The van der Waals surface area contributed by atoms with Gasteiger partial charge in [-0.15, -0.1) is 0 Å². The van der Waals surface area contributed by atoms with Crippen molar-refractivity contribution in [2.45, 2.75) is 38.6 Å². The lowest BCUT2D eigenvalue weighted by Gasteiger charge is -2.27. The van der Waals surface area contributed by atoms with Gasteiger partial charge >= 0.3 is 0 Å². The Hall–Kier alpha value is -1.03. The van der Waals surface area contributed by atoms with Gasteiger partial charge in [0.1, 0.15) is 5.75 Å². The van der Waals surface area contributed by atoms with Gasteiger partial charge in [0.2, 0.25) is 5.91 Å². The van der Waals surface area contributed by atoms with Crippen molar-refractivity contribution in [3.8, 4) is 5.75 Å². The molecule has 1 amide bonds. The molecule has 0 saturated heterocycles. The molecule has 20 heavy (non-hydrogen) atoms. The monoisotopic (exact) mass is 339 g/mol. The van der Waals surface area contributed by atoms with Gasteiger partial charge in [-0.2, -0.15) is 0 Å². The minimum absolute atomic E-state index is 0.215. The molecule has 2 rings (SSSR count). The molecule has 0 bridgehead atoms. The molecule has 0 aromatic heterocycles. The lowest BCUT2D eigenvalue weighted by molar-refractivity contribution is -0.135. The van der Waals surface area contributed by atoms with Gasteiger partial charge in [-0.25, -0.2) is 0 Å². The molecule has 1 aliphatic rings. The maximum atomic E-state index is 12.5. The van der Waals surface area contributed by atoms with E-state index in [0.29, 0.717) is 6.54 Å². The number of rotatable bonds is 4. The molecular weight excluding hydrogens is 318 g/mol. The first-order chi connectivity index (χ1) is 9.61. The van der Waals surface area contributed by atoms with E-state index in [1.54, 1.807) is 7.11 Å². The fourth-order valence-corrected chi connectivity index (χ4v) is 3.27. The zero-order valence-electron chi connectivity index (χ0n) is 12.2. The second-order valence-corrected chi connectivity index (χ2v) is 6.40. The standard InChI is InChI=1S/C16H22BrNO2/c1-18(16(19)12-6-4-3-5-7-12)11-13-10-14(17)8-9-15(13)20-2/h8-10,12H,3-7,11H2,1-2H3. The normalized spacial score (nSPS) is 15.9. The van der Waals surface area contributed by atoms with Gasteiger partial charge in [0.05, 0.1) is 7.11 Å². The lowest BCUT2D eigenvalue weighted by atomic mass is 9.88. The van der Waals surface area contributed by atoms with E-state index in [1.807, 2.05) is 30.1 Å². The smallest absolute Gasteiger partial charge is 0.225 e. The van der Waals surface area contributed by atoms with Crippen LogP contribution in [0.3, 0.4) is 0 Å². The fraction of sp³-hybridized carbons (Fsp3) is 0.562. The molecule has 0 N–H and O–H groups in total. The average molecular weight is 340 g/mol. The van der Waals surface area contributed by atoms with Gasteiger partial charge in [-0.05, 0) is 31.0 Å².